The highest BCUT2D eigenvalue weighted by Gasteiger charge is 2.23. The van der Waals surface area contributed by atoms with E-state index in [1.54, 1.807) is 11.0 Å². The topological polar surface area (TPSA) is 63.5 Å². The number of fused-ring (bicyclic) bond motifs is 1. The van der Waals surface area contributed by atoms with Gasteiger partial charge >= 0.3 is 5.00 Å². The van der Waals surface area contributed by atoms with Crippen LogP contribution in [0.25, 0.3) is 0 Å². The third-order valence-electron chi connectivity index (χ3n) is 2.48. The molecule has 1 amide bonds. The molecule has 0 saturated heterocycles. The summed E-state index contributed by atoms with van der Waals surface area (Å²) in [5.74, 6) is 0.0227. The monoisotopic (exact) mass is 226 g/mol. The molecular weight excluding hydrogens is 216 g/mol. The van der Waals surface area contributed by atoms with Crippen LogP contribution in [0.15, 0.2) is 6.07 Å². The van der Waals surface area contributed by atoms with E-state index in [-0.39, 0.29) is 15.8 Å². The number of carbonyl (C=O) groups is 1. The Morgan fingerprint density at radius 2 is 2.40 bits per heavy atom. The van der Waals surface area contributed by atoms with Crippen molar-refractivity contribution in [3.8, 4) is 0 Å². The minimum atomic E-state index is -0.374. The fourth-order valence-corrected chi connectivity index (χ4v) is 2.65. The maximum atomic E-state index is 11.1. The molecule has 1 aromatic rings. The second-order valence-electron chi connectivity index (χ2n) is 3.48. The first-order chi connectivity index (χ1) is 7.08. The van der Waals surface area contributed by atoms with Gasteiger partial charge < -0.3 is 4.90 Å². The number of carbonyl (C=O) groups excluding carboxylic acids is 1. The van der Waals surface area contributed by atoms with E-state index in [1.165, 1.54) is 18.3 Å². The molecule has 0 bridgehead atoms. The summed E-state index contributed by atoms with van der Waals surface area (Å²) in [6.45, 7) is 2.70. The summed E-state index contributed by atoms with van der Waals surface area (Å²) in [5, 5.41) is 10.7. The Hall–Kier alpha value is -1.43. The van der Waals surface area contributed by atoms with Gasteiger partial charge in [-0.15, -0.1) is 0 Å². The first-order valence-electron chi connectivity index (χ1n) is 4.59. The van der Waals surface area contributed by atoms with Gasteiger partial charge in [-0.1, -0.05) is 11.3 Å². The van der Waals surface area contributed by atoms with Crippen molar-refractivity contribution in [3.63, 3.8) is 0 Å². The number of hydrogen-bond acceptors (Lipinski definition) is 4. The highest BCUT2D eigenvalue weighted by molar-refractivity contribution is 7.15. The minimum absolute atomic E-state index is 0.0227. The summed E-state index contributed by atoms with van der Waals surface area (Å²) in [5.41, 5.74) is 0.924. The number of nitro groups is 1. The first kappa shape index (κ1) is 10.1. The molecule has 0 N–H and O–H groups in total. The van der Waals surface area contributed by atoms with Gasteiger partial charge in [0.2, 0.25) is 5.91 Å². The van der Waals surface area contributed by atoms with Gasteiger partial charge in [-0.25, -0.2) is 0 Å². The second kappa shape index (κ2) is 3.62. The van der Waals surface area contributed by atoms with Crippen LogP contribution >= 0.6 is 11.3 Å². The average molecular weight is 226 g/mol. The molecule has 1 aliphatic heterocycles. The molecule has 0 unspecified atom stereocenters. The van der Waals surface area contributed by atoms with Crippen LogP contribution in [0.3, 0.4) is 0 Å². The largest absolute Gasteiger partial charge is 0.338 e. The fourth-order valence-electron chi connectivity index (χ4n) is 1.68. The lowest BCUT2D eigenvalue weighted by Crippen LogP contribution is -2.33. The molecule has 2 heterocycles. The fraction of sp³-hybridized carbons (Fsp3) is 0.444. The van der Waals surface area contributed by atoms with E-state index < -0.39 is 0 Å². The first-order valence-corrected chi connectivity index (χ1v) is 5.41. The van der Waals surface area contributed by atoms with Crippen molar-refractivity contribution in [2.24, 2.45) is 0 Å². The van der Waals surface area contributed by atoms with Gasteiger partial charge in [-0.2, -0.15) is 0 Å². The SMILES string of the molecule is CC(=O)N1CCc2sc([N+](=O)[O-])cc2C1. The molecular formula is C9H10N2O3S. The zero-order valence-corrected chi connectivity index (χ0v) is 9.04. The third kappa shape index (κ3) is 1.85. The van der Waals surface area contributed by atoms with Crippen LogP contribution in [-0.2, 0) is 17.8 Å². The Morgan fingerprint density at radius 1 is 1.67 bits per heavy atom. The minimum Gasteiger partial charge on any atom is -0.338 e. The lowest BCUT2D eigenvalue weighted by atomic mass is 10.1. The van der Waals surface area contributed by atoms with E-state index in [2.05, 4.69) is 0 Å². The maximum Gasteiger partial charge on any atom is 0.324 e. The highest BCUT2D eigenvalue weighted by atomic mass is 32.1. The molecule has 5 nitrogen and oxygen atoms in total. The predicted octanol–water partition coefficient (Wildman–Crippen LogP) is 1.56. The average Bonchev–Trinajstić information content (AvgIpc) is 2.59. The summed E-state index contributed by atoms with van der Waals surface area (Å²) in [7, 11) is 0. The highest BCUT2D eigenvalue weighted by Crippen LogP contribution is 2.32. The molecule has 0 atom stereocenters. The molecule has 1 aromatic heterocycles. The molecule has 0 aromatic carbocycles. The predicted molar refractivity (Wildman–Crippen MR) is 55.8 cm³/mol. The molecule has 15 heavy (non-hydrogen) atoms. The molecule has 0 fully saturated rings. The van der Waals surface area contributed by atoms with Gasteiger partial charge in [0.15, 0.2) is 0 Å². The zero-order valence-electron chi connectivity index (χ0n) is 8.23. The second-order valence-corrected chi connectivity index (χ2v) is 4.60. The van der Waals surface area contributed by atoms with Crippen molar-refractivity contribution in [1.82, 2.24) is 4.90 Å². The smallest absolute Gasteiger partial charge is 0.324 e. The number of hydrogen-bond donors (Lipinski definition) is 0. The molecule has 2 rings (SSSR count). The molecule has 6 heteroatoms. The van der Waals surface area contributed by atoms with Crippen LogP contribution in [0.2, 0.25) is 0 Å². The van der Waals surface area contributed by atoms with Crippen LogP contribution in [-0.4, -0.2) is 22.3 Å². The van der Waals surface area contributed by atoms with Crippen LogP contribution in [0.1, 0.15) is 17.4 Å². The number of thiophene rings is 1. The summed E-state index contributed by atoms with van der Waals surface area (Å²) in [4.78, 5) is 24.1. The molecule has 0 spiro atoms. The van der Waals surface area contributed by atoms with Crippen LogP contribution < -0.4 is 0 Å². The van der Waals surface area contributed by atoms with Gasteiger partial charge in [0, 0.05) is 31.0 Å². The van der Waals surface area contributed by atoms with E-state index in [0.717, 1.165) is 16.9 Å². The summed E-state index contributed by atoms with van der Waals surface area (Å²) in [6, 6.07) is 1.58. The normalized spacial score (nSPS) is 14.9. The van der Waals surface area contributed by atoms with E-state index in [0.29, 0.717) is 13.1 Å². The molecule has 0 aliphatic carbocycles. The van der Waals surface area contributed by atoms with Crippen LogP contribution in [0, 0.1) is 10.1 Å². The standard InChI is InChI=1S/C9H10N2O3S/c1-6(12)10-3-2-8-7(5-10)4-9(15-8)11(13)14/h4H,2-3,5H2,1H3. The van der Waals surface area contributed by atoms with E-state index in [4.69, 9.17) is 0 Å². The quantitative estimate of drug-likeness (QED) is 0.539. The van der Waals surface area contributed by atoms with Crippen molar-refractivity contribution in [1.29, 1.82) is 0 Å². The Morgan fingerprint density at radius 3 is 3.00 bits per heavy atom. The van der Waals surface area contributed by atoms with Crippen molar-refractivity contribution in [2.45, 2.75) is 19.9 Å². The third-order valence-corrected chi connectivity index (χ3v) is 3.67. The van der Waals surface area contributed by atoms with Crippen LogP contribution in [0.4, 0.5) is 5.00 Å². The Labute approximate surface area is 90.5 Å². The number of nitrogens with zero attached hydrogens (tertiary/aromatic N) is 2. The maximum absolute atomic E-state index is 11.1. The van der Waals surface area contributed by atoms with Gasteiger partial charge in [0.25, 0.3) is 0 Å². The van der Waals surface area contributed by atoms with Gasteiger partial charge in [-0.05, 0) is 12.0 Å². The zero-order chi connectivity index (χ0) is 11.0. The summed E-state index contributed by atoms with van der Waals surface area (Å²) < 4.78 is 0. The molecule has 80 valence electrons. The molecule has 0 saturated carbocycles. The van der Waals surface area contributed by atoms with E-state index >= 15 is 0 Å². The van der Waals surface area contributed by atoms with Gasteiger partial charge in [0.05, 0.1) is 4.92 Å². The molecule has 1 aliphatic rings. The lowest BCUT2D eigenvalue weighted by molar-refractivity contribution is -0.380. The Bertz CT molecular complexity index is 427. The van der Waals surface area contributed by atoms with Crippen molar-refractivity contribution in [3.05, 3.63) is 26.6 Å². The lowest BCUT2D eigenvalue weighted by Gasteiger charge is -2.25. The summed E-state index contributed by atoms with van der Waals surface area (Å²) in [6.07, 6.45) is 0.730. The van der Waals surface area contributed by atoms with Crippen molar-refractivity contribution < 1.29 is 9.72 Å². The van der Waals surface area contributed by atoms with Gasteiger partial charge in [-0.3, -0.25) is 14.9 Å². The number of rotatable bonds is 1. The summed E-state index contributed by atoms with van der Waals surface area (Å²) >= 11 is 1.22. The van der Waals surface area contributed by atoms with Gasteiger partial charge in [0.1, 0.15) is 0 Å². The molecule has 0 radical (unpaired) electrons. The van der Waals surface area contributed by atoms with Crippen molar-refractivity contribution >= 4 is 22.2 Å². The van der Waals surface area contributed by atoms with E-state index in [9.17, 15) is 14.9 Å². The Kier molecular flexibility index (Phi) is 2.44. The Balaban J connectivity index is 2.26. The number of amides is 1. The van der Waals surface area contributed by atoms with Crippen molar-refractivity contribution in [2.75, 3.05) is 6.54 Å². The van der Waals surface area contributed by atoms with E-state index in [1.807, 2.05) is 0 Å². The van der Waals surface area contributed by atoms with Crippen LogP contribution in [0.5, 0.6) is 0 Å².